The van der Waals surface area contributed by atoms with E-state index in [1.165, 1.54) is 96.3 Å². The summed E-state index contributed by atoms with van der Waals surface area (Å²) in [7, 11) is 0. The van der Waals surface area contributed by atoms with Crippen molar-refractivity contribution in [2.24, 2.45) is 17.8 Å². The molecule has 0 saturated carbocycles. The Morgan fingerprint density at radius 2 is 1.22 bits per heavy atom. The molecule has 2 saturated heterocycles. The van der Waals surface area contributed by atoms with Crippen molar-refractivity contribution in [2.45, 2.75) is 148 Å². The zero-order chi connectivity index (χ0) is 32.9. The summed E-state index contributed by atoms with van der Waals surface area (Å²) in [5.41, 5.74) is 2.10. The summed E-state index contributed by atoms with van der Waals surface area (Å²) in [6, 6.07) is 5.47. The second kappa shape index (κ2) is 18.3. The number of rotatable bonds is 21. The van der Waals surface area contributed by atoms with E-state index in [2.05, 4.69) is 12.2 Å². The molecule has 1 aromatic carbocycles. The van der Waals surface area contributed by atoms with Gasteiger partial charge in [0.25, 0.3) is 0 Å². The van der Waals surface area contributed by atoms with Crippen LogP contribution >= 0.6 is 0 Å². The smallest absolute Gasteiger partial charge is 0.321 e. The summed E-state index contributed by atoms with van der Waals surface area (Å²) in [6.07, 6.45) is 22.9. The van der Waals surface area contributed by atoms with Gasteiger partial charge in [-0.3, -0.25) is 24.0 Å². The lowest BCUT2D eigenvalue weighted by Gasteiger charge is -2.39. The molecular formula is C38H55NO7. The molecule has 1 amide bonds. The van der Waals surface area contributed by atoms with Crippen LogP contribution in [0.4, 0.5) is 0 Å². The summed E-state index contributed by atoms with van der Waals surface area (Å²) in [5, 5.41) is 2.98. The van der Waals surface area contributed by atoms with Crippen LogP contribution in [0.3, 0.4) is 0 Å². The molecule has 3 aliphatic rings. The highest BCUT2D eigenvalue weighted by atomic mass is 16.6. The van der Waals surface area contributed by atoms with Gasteiger partial charge < -0.3 is 14.8 Å². The second-order valence-corrected chi connectivity index (χ2v) is 13.8. The second-order valence-electron chi connectivity index (χ2n) is 13.8. The van der Waals surface area contributed by atoms with Gasteiger partial charge in [-0.25, -0.2) is 0 Å². The minimum Gasteiger partial charge on any atom is -0.393 e. The monoisotopic (exact) mass is 637 g/mol. The van der Waals surface area contributed by atoms with Crippen LogP contribution in [0.25, 0.3) is 0 Å². The fraction of sp³-hybridized carbons (Fsp3) is 0.711. The van der Waals surface area contributed by atoms with Crippen molar-refractivity contribution in [2.75, 3.05) is 6.54 Å². The van der Waals surface area contributed by atoms with E-state index in [1.807, 2.05) is 19.1 Å². The number of benzene rings is 1. The van der Waals surface area contributed by atoms with Gasteiger partial charge in [0, 0.05) is 12.5 Å². The first kappa shape index (κ1) is 35.8. The van der Waals surface area contributed by atoms with Gasteiger partial charge in [0.2, 0.25) is 5.91 Å². The molecule has 2 heterocycles. The molecule has 0 aromatic heterocycles. The topological polar surface area (TPSA) is 116 Å². The highest BCUT2D eigenvalue weighted by Gasteiger charge is 2.60. The van der Waals surface area contributed by atoms with E-state index in [-0.39, 0.29) is 6.42 Å². The predicted molar refractivity (Wildman–Crippen MR) is 176 cm³/mol. The minimum absolute atomic E-state index is 0.166. The molecule has 1 N–H and O–H groups in total. The average molecular weight is 638 g/mol. The standard InChI is InChI=1S/C38H55NO7/c1-3-4-5-6-7-8-9-10-11-12-13-14-15-16-17-18-19-20-23-39-35(41)33-31(29-25-30(40)45-36(29)42)27-22-21-26(2)24-28(27)32-34(33)38(44)46-37(32)43/h21-22,24,29,31-34H,3-20,23,25H2,1-2H3,(H,39,41). The van der Waals surface area contributed by atoms with Crippen LogP contribution in [-0.2, 0) is 33.4 Å². The molecule has 0 spiro atoms. The number of nitrogens with one attached hydrogen (secondary N) is 1. The maximum atomic E-state index is 13.7. The Morgan fingerprint density at radius 1 is 0.674 bits per heavy atom. The molecular weight excluding hydrogens is 582 g/mol. The highest BCUT2D eigenvalue weighted by molar-refractivity contribution is 6.04. The van der Waals surface area contributed by atoms with Gasteiger partial charge in [0.05, 0.1) is 30.1 Å². The van der Waals surface area contributed by atoms with Gasteiger partial charge >= 0.3 is 23.9 Å². The molecule has 1 aliphatic carbocycles. The number of fused-ring (bicyclic) bond motifs is 3. The van der Waals surface area contributed by atoms with E-state index in [0.29, 0.717) is 17.7 Å². The number of esters is 4. The number of aryl methyl sites for hydroxylation is 1. The Balaban J connectivity index is 1.17. The maximum Gasteiger partial charge on any atom is 0.321 e. The van der Waals surface area contributed by atoms with E-state index in [4.69, 9.17) is 9.47 Å². The van der Waals surface area contributed by atoms with Crippen molar-refractivity contribution in [1.29, 1.82) is 0 Å². The molecule has 0 bridgehead atoms. The number of hydrogen-bond acceptors (Lipinski definition) is 7. The maximum absolute atomic E-state index is 13.7. The van der Waals surface area contributed by atoms with Gasteiger partial charge in [-0.1, -0.05) is 140 Å². The zero-order valence-corrected chi connectivity index (χ0v) is 28.1. The Labute approximate surface area is 275 Å². The molecule has 5 atom stereocenters. The first-order valence-electron chi connectivity index (χ1n) is 18.2. The van der Waals surface area contributed by atoms with Crippen LogP contribution in [0, 0.1) is 24.7 Å². The van der Waals surface area contributed by atoms with E-state index >= 15 is 0 Å². The SMILES string of the molecule is CCCCCCCCCCCCCCCCCCCCNC(=O)C1C2C(=O)OC(=O)C2c2cc(C)ccc2C1C1CC(=O)OC1=O. The van der Waals surface area contributed by atoms with Crippen molar-refractivity contribution in [3.8, 4) is 0 Å². The Bertz CT molecular complexity index is 1210. The Morgan fingerprint density at radius 3 is 1.74 bits per heavy atom. The van der Waals surface area contributed by atoms with Gasteiger partial charge in [-0.15, -0.1) is 0 Å². The number of ether oxygens (including phenoxy) is 2. The summed E-state index contributed by atoms with van der Waals surface area (Å²) in [4.78, 5) is 64.4. The number of unbranched alkanes of at least 4 members (excludes halogenated alkanes) is 17. The normalized spacial score (nSPS) is 23.7. The molecule has 5 unspecified atom stereocenters. The van der Waals surface area contributed by atoms with Gasteiger partial charge in [-0.2, -0.15) is 0 Å². The molecule has 1 aromatic rings. The van der Waals surface area contributed by atoms with Gasteiger partial charge in [-0.05, 0) is 24.5 Å². The molecule has 8 nitrogen and oxygen atoms in total. The number of carbonyl (C=O) groups is 5. The zero-order valence-electron chi connectivity index (χ0n) is 28.1. The van der Waals surface area contributed by atoms with Crippen LogP contribution in [0.2, 0.25) is 0 Å². The third-order valence-electron chi connectivity index (χ3n) is 10.3. The number of cyclic esters (lactones) is 4. The molecule has 254 valence electrons. The Kier molecular flexibility index (Phi) is 14.3. The first-order valence-corrected chi connectivity index (χ1v) is 18.2. The largest absolute Gasteiger partial charge is 0.393 e. The lowest BCUT2D eigenvalue weighted by molar-refractivity contribution is -0.157. The third kappa shape index (κ3) is 9.51. The van der Waals surface area contributed by atoms with Crippen molar-refractivity contribution in [3.05, 3.63) is 34.9 Å². The minimum atomic E-state index is -1.05. The van der Waals surface area contributed by atoms with Crippen LogP contribution < -0.4 is 5.32 Å². The first-order chi connectivity index (χ1) is 22.3. The number of amides is 1. The predicted octanol–water partition coefficient (Wildman–Crippen LogP) is 7.74. The lowest BCUT2D eigenvalue weighted by Crippen LogP contribution is -2.47. The quantitative estimate of drug-likeness (QED) is 0.0833. The number of carbonyl (C=O) groups excluding carboxylic acids is 5. The van der Waals surface area contributed by atoms with Crippen molar-refractivity contribution in [1.82, 2.24) is 5.32 Å². The van der Waals surface area contributed by atoms with Crippen LogP contribution in [0.1, 0.15) is 157 Å². The average Bonchev–Trinajstić information content (AvgIpc) is 3.52. The van der Waals surface area contributed by atoms with Gasteiger partial charge in [0.1, 0.15) is 0 Å². The molecule has 4 rings (SSSR count). The fourth-order valence-corrected chi connectivity index (χ4v) is 7.79. The van der Waals surface area contributed by atoms with E-state index in [0.717, 1.165) is 24.8 Å². The summed E-state index contributed by atoms with van der Waals surface area (Å²) < 4.78 is 9.91. The number of hydrogen-bond donors (Lipinski definition) is 1. The van der Waals surface area contributed by atoms with E-state index in [9.17, 15) is 24.0 Å². The molecule has 0 radical (unpaired) electrons. The highest BCUT2D eigenvalue weighted by Crippen LogP contribution is 2.54. The van der Waals surface area contributed by atoms with Crippen molar-refractivity contribution in [3.63, 3.8) is 0 Å². The van der Waals surface area contributed by atoms with Crippen LogP contribution in [-0.4, -0.2) is 36.3 Å². The van der Waals surface area contributed by atoms with E-state index in [1.54, 1.807) is 6.07 Å². The van der Waals surface area contributed by atoms with E-state index < -0.39 is 59.4 Å². The molecule has 8 heteroatoms. The summed E-state index contributed by atoms with van der Waals surface area (Å²) in [6.45, 7) is 4.58. The lowest BCUT2D eigenvalue weighted by atomic mass is 9.60. The molecule has 2 fully saturated rings. The molecule has 46 heavy (non-hydrogen) atoms. The Hall–Kier alpha value is -3.03. The third-order valence-corrected chi connectivity index (χ3v) is 10.3. The fourth-order valence-electron chi connectivity index (χ4n) is 7.79. The molecule has 2 aliphatic heterocycles. The van der Waals surface area contributed by atoms with Gasteiger partial charge in [0.15, 0.2) is 0 Å². The summed E-state index contributed by atoms with van der Waals surface area (Å²) in [5.74, 6) is -7.80. The summed E-state index contributed by atoms with van der Waals surface area (Å²) >= 11 is 0. The van der Waals surface area contributed by atoms with Crippen LogP contribution in [0.5, 0.6) is 0 Å². The van der Waals surface area contributed by atoms with Crippen LogP contribution in [0.15, 0.2) is 18.2 Å². The van der Waals surface area contributed by atoms with Crippen molar-refractivity contribution < 1.29 is 33.4 Å². The van der Waals surface area contributed by atoms with Crippen molar-refractivity contribution >= 4 is 29.8 Å².